The van der Waals surface area contributed by atoms with Crippen LogP contribution in [-0.2, 0) is 14.3 Å². The largest absolute Gasteiger partial charge is 0.466 e. The summed E-state index contributed by atoms with van der Waals surface area (Å²) in [6.45, 7) is 4.72. The zero-order chi connectivity index (χ0) is 13.5. The molecular formula is C13H24O5. The molecule has 0 heterocycles. The fourth-order valence-electron chi connectivity index (χ4n) is 2.68. The van der Waals surface area contributed by atoms with Gasteiger partial charge in [-0.2, -0.15) is 0 Å². The van der Waals surface area contributed by atoms with Crippen LogP contribution >= 0.6 is 0 Å². The van der Waals surface area contributed by atoms with E-state index >= 15 is 0 Å². The van der Waals surface area contributed by atoms with Gasteiger partial charge in [0.25, 0.3) is 0 Å². The van der Waals surface area contributed by atoms with E-state index in [-0.39, 0.29) is 30.8 Å². The summed E-state index contributed by atoms with van der Waals surface area (Å²) in [5.74, 6) is -0.569. The van der Waals surface area contributed by atoms with Crippen LogP contribution in [0.4, 0.5) is 0 Å². The lowest BCUT2D eigenvalue weighted by Crippen LogP contribution is -2.36. The maximum atomic E-state index is 11.5. The average molecular weight is 260 g/mol. The van der Waals surface area contributed by atoms with Crippen molar-refractivity contribution in [2.24, 2.45) is 11.8 Å². The fraction of sp³-hybridized carbons (Fsp3) is 0.923. The summed E-state index contributed by atoms with van der Waals surface area (Å²) in [7, 11) is 0. The monoisotopic (exact) mass is 260 g/mol. The molecule has 0 aromatic heterocycles. The molecule has 1 aliphatic rings. The molecule has 2 N–H and O–H groups in total. The highest BCUT2D eigenvalue weighted by atomic mass is 16.5. The minimum absolute atomic E-state index is 0.0190. The molecular weight excluding hydrogens is 236 g/mol. The van der Waals surface area contributed by atoms with E-state index in [1.54, 1.807) is 6.92 Å². The van der Waals surface area contributed by atoms with Gasteiger partial charge in [0.1, 0.15) is 0 Å². The summed E-state index contributed by atoms with van der Waals surface area (Å²) in [6.07, 6.45) is 0.353. The van der Waals surface area contributed by atoms with Gasteiger partial charge in [0, 0.05) is 18.9 Å². The van der Waals surface area contributed by atoms with Crippen LogP contribution in [0.1, 0.15) is 33.1 Å². The van der Waals surface area contributed by atoms with E-state index in [1.807, 2.05) is 6.92 Å². The number of esters is 1. The second-order valence-electron chi connectivity index (χ2n) is 4.72. The Bertz CT molecular complexity index is 256. The lowest BCUT2D eigenvalue weighted by Gasteiger charge is -2.26. The molecule has 1 rings (SSSR count). The number of ether oxygens (including phenoxy) is 2. The molecule has 1 saturated carbocycles. The van der Waals surface area contributed by atoms with Crippen LogP contribution in [0.25, 0.3) is 0 Å². The van der Waals surface area contributed by atoms with Gasteiger partial charge in [0.05, 0.1) is 25.4 Å². The summed E-state index contributed by atoms with van der Waals surface area (Å²) in [5, 5.41) is 19.9. The van der Waals surface area contributed by atoms with Gasteiger partial charge in [0.15, 0.2) is 0 Å². The number of aliphatic hydroxyl groups is 2. The van der Waals surface area contributed by atoms with Crippen LogP contribution in [0, 0.1) is 11.8 Å². The van der Waals surface area contributed by atoms with E-state index in [4.69, 9.17) is 9.47 Å². The molecule has 4 atom stereocenters. The van der Waals surface area contributed by atoms with E-state index < -0.39 is 12.2 Å². The lowest BCUT2D eigenvalue weighted by molar-refractivity contribution is -0.145. The highest BCUT2D eigenvalue weighted by Crippen LogP contribution is 2.37. The molecule has 0 unspecified atom stereocenters. The minimum atomic E-state index is -0.720. The lowest BCUT2D eigenvalue weighted by atomic mass is 9.87. The number of aliphatic hydroxyl groups excluding tert-OH is 2. The maximum absolute atomic E-state index is 11.5. The Labute approximate surface area is 108 Å². The first-order valence-electron chi connectivity index (χ1n) is 6.69. The van der Waals surface area contributed by atoms with Gasteiger partial charge < -0.3 is 19.7 Å². The molecule has 1 fully saturated rings. The van der Waals surface area contributed by atoms with Crippen molar-refractivity contribution in [2.75, 3.05) is 19.8 Å². The van der Waals surface area contributed by atoms with Crippen molar-refractivity contribution in [1.82, 2.24) is 0 Å². The summed E-state index contributed by atoms with van der Waals surface area (Å²) in [4.78, 5) is 11.5. The Morgan fingerprint density at radius 1 is 1.33 bits per heavy atom. The normalized spacial score (nSPS) is 29.2. The zero-order valence-electron chi connectivity index (χ0n) is 11.2. The number of carbonyl (C=O) groups is 1. The standard InChI is InChI=1S/C13H24O5/c1-3-17-8-11(15)13-9(5-6-10(13)14)7-12(16)18-4-2/h9-11,13-15H,3-8H2,1-2H3/t9-,10+,11+,13+/m1/s1. The SMILES string of the molecule is CCOC[C@H](O)[C@H]1[C@@H](CC(=O)OCC)CC[C@@H]1O. The zero-order valence-corrected chi connectivity index (χ0v) is 11.2. The molecule has 106 valence electrons. The first-order valence-corrected chi connectivity index (χ1v) is 6.69. The van der Waals surface area contributed by atoms with Crippen LogP contribution in [0.2, 0.25) is 0 Å². The predicted molar refractivity (Wildman–Crippen MR) is 66.0 cm³/mol. The summed E-state index contributed by atoms with van der Waals surface area (Å²) >= 11 is 0. The van der Waals surface area contributed by atoms with E-state index in [9.17, 15) is 15.0 Å². The van der Waals surface area contributed by atoms with Gasteiger partial charge in [-0.3, -0.25) is 4.79 Å². The van der Waals surface area contributed by atoms with Gasteiger partial charge in [-0.25, -0.2) is 0 Å². The highest BCUT2D eigenvalue weighted by molar-refractivity contribution is 5.69. The van der Waals surface area contributed by atoms with Crippen LogP contribution in [0.3, 0.4) is 0 Å². The quantitative estimate of drug-likeness (QED) is 0.660. The van der Waals surface area contributed by atoms with Crippen molar-refractivity contribution in [3.05, 3.63) is 0 Å². The molecule has 5 nitrogen and oxygen atoms in total. The van der Waals surface area contributed by atoms with Gasteiger partial charge in [-0.15, -0.1) is 0 Å². The summed E-state index contributed by atoms with van der Waals surface area (Å²) in [6, 6.07) is 0. The molecule has 18 heavy (non-hydrogen) atoms. The molecule has 5 heteroatoms. The molecule has 0 bridgehead atoms. The summed E-state index contributed by atoms with van der Waals surface area (Å²) in [5.41, 5.74) is 0. The topological polar surface area (TPSA) is 76.0 Å². The summed E-state index contributed by atoms with van der Waals surface area (Å²) < 4.78 is 10.1. The smallest absolute Gasteiger partial charge is 0.306 e. The minimum Gasteiger partial charge on any atom is -0.466 e. The Hall–Kier alpha value is -0.650. The Morgan fingerprint density at radius 3 is 2.67 bits per heavy atom. The Kier molecular flexibility index (Phi) is 6.60. The van der Waals surface area contributed by atoms with E-state index in [2.05, 4.69) is 0 Å². The first kappa shape index (κ1) is 15.4. The maximum Gasteiger partial charge on any atom is 0.306 e. The molecule has 0 spiro atoms. The van der Waals surface area contributed by atoms with Gasteiger partial charge in [-0.1, -0.05) is 0 Å². The van der Waals surface area contributed by atoms with Crippen LogP contribution in [0.15, 0.2) is 0 Å². The van der Waals surface area contributed by atoms with Crippen LogP contribution < -0.4 is 0 Å². The van der Waals surface area contributed by atoms with Gasteiger partial charge >= 0.3 is 5.97 Å². The van der Waals surface area contributed by atoms with E-state index in [1.165, 1.54) is 0 Å². The van der Waals surface area contributed by atoms with Gasteiger partial charge in [0.2, 0.25) is 0 Å². The second kappa shape index (κ2) is 7.71. The third-order valence-corrected chi connectivity index (χ3v) is 3.49. The highest BCUT2D eigenvalue weighted by Gasteiger charge is 2.40. The number of hydrogen-bond acceptors (Lipinski definition) is 5. The third-order valence-electron chi connectivity index (χ3n) is 3.49. The number of rotatable bonds is 7. The fourth-order valence-corrected chi connectivity index (χ4v) is 2.68. The predicted octanol–water partition coefficient (Wildman–Crippen LogP) is 0.724. The van der Waals surface area contributed by atoms with Crippen molar-refractivity contribution in [3.8, 4) is 0 Å². The molecule has 0 aromatic carbocycles. The van der Waals surface area contributed by atoms with Crippen LogP contribution in [-0.4, -0.2) is 48.2 Å². The van der Waals surface area contributed by atoms with E-state index in [0.29, 0.717) is 19.6 Å². The van der Waals surface area contributed by atoms with Crippen molar-refractivity contribution >= 4 is 5.97 Å². The van der Waals surface area contributed by atoms with Crippen molar-refractivity contribution < 1.29 is 24.5 Å². The molecule has 0 aromatic rings. The average Bonchev–Trinajstić information content (AvgIpc) is 2.67. The van der Waals surface area contributed by atoms with Crippen molar-refractivity contribution in [3.63, 3.8) is 0 Å². The van der Waals surface area contributed by atoms with E-state index in [0.717, 1.165) is 6.42 Å². The molecule has 1 aliphatic carbocycles. The number of hydrogen-bond donors (Lipinski definition) is 2. The molecule has 0 radical (unpaired) electrons. The Balaban J connectivity index is 2.52. The van der Waals surface area contributed by atoms with Crippen LogP contribution in [0.5, 0.6) is 0 Å². The molecule has 0 saturated heterocycles. The van der Waals surface area contributed by atoms with Crippen molar-refractivity contribution in [1.29, 1.82) is 0 Å². The number of carbonyl (C=O) groups excluding carboxylic acids is 1. The van der Waals surface area contributed by atoms with Gasteiger partial charge in [-0.05, 0) is 32.6 Å². The Morgan fingerprint density at radius 2 is 2.06 bits per heavy atom. The molecule has 0 aliphatic heterocycles. The third kappa shape index (κ3) is 4.23. The first-order chi connectivity index (χ1) is 8.60. The second-order valence-corrected chi connectivity index (χ2v) is 4.72. The van der Waals surface area contributed by atoms with Crippen molar-refractivity contribution in [2.45, 2.75) is 45.3 Å². The molecule has 0 amide bonds.